The van der Waals surface area contributed by atoms with Gasteiger partial charge in [0.2, 0.25) is 6.79 Å². The van der Waals surface area contributed by atoms with Crippen LogP contribution in [0, 0.1) is 13.8 Å². The number of carboxylic acid groups (broad SMARTS) is 2. The maximum Gasteiger partial charge on any atom is 0.348 e. The standard InChI is InChI=1S/C31H41NO9/c1-22-11-12-24(17-23(22)2)9-6-4-8-16-38-20-31(30(36)37,41-19-28(33)34)29(35)32-15-7-3-5-10-25-13-14-26-27(18-25)40-21-39-26/h11-14,17-18H,3-10,15-16,19-21H2,1-2H3,(H,32,35)(H,33,34)(H,36,37). The highest BCUT2D eigenvalue weighted by molar-refractivity contribution is 6.05. The Hall–Kier alpha value is -3.63. The SMILES string of the molecule is Cc1ccc(CCCCCOCC(OCC(=O)O)(C(=O)O)C(=O)NCCCCCc2ccc3c(c2)OCO3)cc1C. The van der Waals surface area contributed by atoms with Crippen LogP contribution < -0.4 is 14.8 Å². The van der Waals surface area contributed by atoms with E-state index >= 15 is 0 Å². The van der Waals surface area contributed by atoms with Crippen LogP contribution in [-0.2, 0) is 36.7 Å². The Morgan fingerprint density at radius 2 is 1.54 bits per heavy atom. The summed E-state index contributed by atoms with van der Waals surface area (Å²) in [7, 11) is 0. The first-order valence-electron chi connectivity index (χ1n) is 14.1. The lowest BCUT2D eigenvalue weighted by Crippen LogP contribution is -2.58. The molecule has 1 unspecified atom stereocenters. The molecule has 1 atom stereocenters. The van der Waals surface area contributed by atoms with E-state index < -0.39 is 36.7 Å². The molecule has 3 N–H and O–H groups in total. The van der Waals surface area contributed by atoms with Gasteiger partial charge in [-0.1, -0.05) is 37.1 Å². The molecule has 1 heterocycles. The lowest BCUT2D eigenvalue weighted by molar-refractivity contribution is -0.184. The van der Waals surface area contributed by atoms with Crippen LogP contribution in [0.5, 0.6) is 11.5 Å². The number of carbonyl (C=O) groups is 3. The van der Waals surface area contributed by atoms with E-state index in [1.54, 1.807) is 0 Å². The van der Waals surface area contributed by atoms with E-state index in [1.807, 2.05) is 18.2 Å². The van der Waals surface area contributed by atoms with Gasteiger partial charge in [0.25, 0.3) is 11.5 Å². The Kier molecular flexibility index (Phi) is 12.4. The fraction of sp³-hybridized carbons (Fsp3) is 0.516. The molecule has 41 heavy (non-hydrogen) atoms. The number of carbonyl (C=O) groups excluding carboxylic acids is 1. The second-order valence-electron chi connectivity index (χ2n) is 10.4. The highest BCUT2D eigenvalue weighted by Gasteiger charge is 2.48. The average molecular weight is 572 g/mol. The molecule has 1 amide bonds. The fourth-order valence-corrected chi connectivity index (χ4v) is 4.54. The molecular weight excluding hydrogens is 530 g/mol. The molecule has 1 aliphatic heterocycles. The summed E-state index contributed by atoms with van der Waals surface area (Å²) in [5, 5.41) is 21.5. The first-order valence-corrected chi connectivity index (χ1v) is 14.1. The predicted molar refractivity (Wildman–Crippen MR) is 151 cm³/mol. The maximum absolute atomic E-state index is 12.9. The van der Waals surface area contributed by atoms with Gasteiger partial charge in [0, 0.05) is 13.2 Å². The molecule has 0 radical (unpaired) electrons. The van der Waals surface area contributed by atoms with Crippen LogP contribution >= 0.6 is 0 Å². The van der Waals surface area contributed by atoms with Gasteiger partial charge in [0.05, 0.1) is 6.61 Å². The van der Waals surface area contributed by atoms with E-state index in [0.717, 1.165) is 55.6 Å². The number of rotatable bonds is 19. The zero-order chi connectivity index (χ0) is 29.7. The molecule has 3 rings (SSSR count). The van der Waals surface area contributed by atoms with Gasteiger partial charge in [-0.05, 0) is 86.8 Å². The minimum atomic E-state index is -2.44. The number of aryl methyl sites for hydroxylation is 4. The quantitative estimate of drug-likeness (QED) is 0.167. The highest BCUT2D eigenvalue weighted by atomic mass is 16.7. The number of nitrogens with one attached hydrogen (secondary N) is 1. The molecule has 0 aliphatic carbocycles. The van der Waals surface area contributed by atoms with Crippen molar-refractivity contribution in [2.24, 2.45) is 0 Å². The van der Waals surface area contributed by atoms with E-state index in [2.05, 4.69) is 37.4 Å². The van der Waals surface area contributed by atoms with E-state index in [-0.39, 0.29) is 19.9 Å². The highest BCUT2D eigenvalue weighted by Crippen LogP contribution is 2.32. The van der Waals surface area contributed by atoms with Gasteiger partial charge in [0.1, 0.15) is 6.61 Å². The average Bonchev–Trinajstić information content (AvgIpc) is 3.41. The van der Waals surface area contributed by atoms with Crippen molar-refractivity contribution >= 4 is 17.8 Å². The van der Waals surface area contributed by atoms with Gasteiger partial charge in [-0.15, -0.1) is 0 Å². The molecule has 0 fully saturated rings. The summed E-state index contributed by atoms with van der Waals surface area (Å²) >= 11 is 0. The van der Waals surface area contributed by atoms with Gasteiger partial charge in [-0.3, -0.25) is 4.79 Å². The fourth-order valence-electron chi connectivity index (χ4n) is 4.54. The van der Waals surface area contributed by atoms with Crippen molar-refractivity contribution < 1.29 is 43.5 Å². The number of amides is 1. The number of hydrogen-bond acceptors (Lipinski definition) is 7. The second kappa shape index (κ2) is 16.0. The molecule has 0 saturated heterocycles. The maximum atomic E-state index is 12.9. The largest absolute Gasteiger partial charge is 0.480 e. The number of fused-ring (bicyclic) bond motifs is 1. The molecule has 0 spiro atoms. The van der Waals surface area contributed by atoms with Crippen molar-refractivity contribution in [3.8, 4) is 11.5 Å². The van der Waals surface area contributed by atoms with Crippen LogP contribution in [0.2, 0.25) is 0 Å². The third-order valence-corrected chi connectivity index (χ3v) is 7.15. The molecular formula is C31H41NO9. The Bertz CT molecular complexity index is 1180. The van der Waals surface area contributed by atoms with Crippen molar-refractivity contribution in [2.45, 2.75) is 70.8 Å². The predicted octanol–water partition coefficient (Wildman–Crippen LogP) is 4.22. The van der Waals surface area contributed by atoms with Crippen LogP contribution in [0.4, 0.5) is 0 Å². The van der Waals surface area contributed by atoms with Crippen molar-refractivity contribution in [1.29, 1.82) is 0 Å². The molecule has 0 saturated carbocycles. The van der Waals surface area contributed by atoms with Crippen LogP contribution in [-0.4, -0.2) is 66.8 Å². The smallest absolute Gasteiger partial charge is 0.348 e. The Morgan fingerprint density at radius 3 is 2.24 bits per heavy atom. The normalized spacial score (nSPS) is 13.5. The number of ether oxygens (including phenoxy) is 4. The van der Waals surface area contributed by atoms with Crippen molar-refractivity contribution in [3.63, 3.8) is 0 Å². The third kappa shape index (κ3) is 9.75. The van der Waals surface area contributed by atoms with Crippen LogP contribution in [0.15, 0.2) is 36.4 Å². The lowest BCUT2D eigenvalue weighted by atomic mass is 10.0. The second-order valence-corrected chi connectivity index (χ2v) is 10.4. The summed E-state index contributed by atoms with van der Waals surface area (Å²) < 4.78 is 21.4. The Balaban J connectivity index is 1.40. The Morgan fingerprint density at radius 1 is 0.854 bits per heavy atom. The molecule has 0 aromatic heterocycles. The molecule has 10 heteroatoms. The summed E-state index contributed by atoms with van der Waals surface area (Å²) in [5.41, 5.74) is 2.47. The number of carboxylic acids is 2. The topological polar surface area (TPSA) is 141 Å². The number of hydrogen-bond donors (Lipinski definition) is 3. The molecule has 2 aromatic carbocycles. The molecule has 10 nitrogen and oxygen atoms in total. The zero-order valence-electron chi connectivity index (χ0n) is 23.9. The minimum absolute atomic E-state index is 0.226. The molecule has 224 valence electrons. The van der Waals surface area contributed by atoms with Crippen LogP contribution in [0.1, 0.15) is 60.8 Å². The molecule has 1 aliphatic rings. The number of unbranched alkanes of at least 4 members (excludes halogenated alkanes) is 4. The lowest BCUT2D eigenvalue weighted by Gasteiger charge is -2.27. The summed E-state index contributed by atoms with van der Waals surface area (Å²) in [4.78, 5) is 36.2. The van der Waals surface area contributed by atoms with Gasteiger partial charge in [0.15, 0.2) is 11.5 Å². The Labute approximate surface area is 240 Å². The first-order chi connectivity index (χ1) is 19.7. The van der Waals surface area contributed by atoms with Crippen molar-refractivity contribution in [3.05, 3.63) is 58.7 Å². The van der Waals surface area contributed by atoms with E-state index in [9.17, 15) is 19.5 Å². The summed E-state index contributed by atoms with van der Waals surface area (Å²) in [6.45, 7) is 3.34. The van der Waals surface area contributed by atoms with E-state index in [0.29, 0.717) is 12.8 Å². The third-order valence-electron chi connectivity index (χ3n) is 7.15. The van der Waals surface area contributed by atoms with Crippen molar-refractivity contribution in [1.82, 2.24) is 5.32 Å². The van der Waals surface area contributed by atoms with E-state index in [1.165, 1.54) is 16.7 Å². The van der Waals surface area contributed by atoms with Gasteiger partial charge >= 0.3 is 11.9 Å². The minimum Gasteiger partial charge on any atom is -0.480 e. The summed E-state index contributed by atoms with van der Waals surface area (Å²) in [5.74, 6) is -2.41. The van der Waals surface area contributed by atoms with E-state index in [4.69, 9.17) is 24.1 Å². The summed E-state index contributed by atoms with van der Waals surface area (Å²) in [6, 6.07) is 12.2. The van der Waals surface area contributed by atoms with Crippen LogP contribution in [0.25, 0.3) is 0 Å². The van der Waals surface area contributed by atoms with Crippen molar-refractivity contribution in [2.75, 3.05) is 33.2 Å². The monoisotopic (exact) mass is 571 g/mol. The summed E-state index contributed by atoms with van der Waals surface area (Å²) in [6.07, 6.45) is 6.51. The molecule has 0 bridgehead atoms. The first kappa shape index (κ1) is 31.9. The van der Waals surface area contributed by atoms with Gasteiger partial charge in [-0.2, -0.15) is 0 Å². The van der Waals surface area contributed by atoms with Gasteiger partial charge < -0.3 is 34.5 Å². The van der Waals surface area contributed by atoms with Gasteiger partial charge in [-0.25, -0.2) is 9.59 Å². The zero-order valence-corrected chi connectivity index (χ0v) is 23.9. The van der Waals surface area contributed by atoms with Crippen LogP contribution in [0.3, 0.4) is 0 Å². The number of benzene rings is 2. The molecule has 2 aromatic rings. The number of aliphatic carboxylic acids is 2.